The quantitative estimate of drug-likeness (QED) is 0.500. The van der Waals surface area contributed by atoms with Gasteiger partial charge in [-0.1, -0.05) is 36.0 Å². The van der Waals surface area contributed by atoms with Gasteiger partial charge in [-0.3, -0.25) is 0 Å². The molecule has 2 heterocycles. The molecular formula is C26H30N4O4S. The first kappa shape index (κ1) is 24.7. The van der Waals surface area contributed by atoms with Crippen LogP contribution in [0, 0.1) is 0 Å². The molecule has 0 aliphatic carbocycles. The van der Waals surface area contributed by atoms with Gasteiger partial charge in [0.05, 0.1) is 36.2 Å². The Bertz CT molecular complexity index is 1150. The van der Waals surface area contributed by atoms with E-state index in [-0.39, 0.29) is 18.0 Å². The first-order valence-electron chi connectivity index (χ1n) is 11.8. The highest BCUT2D eigenvalue weighted by Gasteiger charge is 2.37. The molecule has 8 nitrogen and oxygen atoms in total. The molecule has 1 fully saturated rings. The predicted molar refractivity (Wildman–Crippen MR) is 140 cm³/mol. The molecule has 1 atom stereocenters. The van der Waals surface area contributed by atoms with Crippen molar-refractivity contribution in [2.75, 3.05) is 36.1 Å². The molecule has 0 aromatic heterocycles. The molecule has 4 rings (SSSR count). The zero-order valence-corrected chi connectivity index (χ0v) is 21.0. The SMILES string of the molecule is CCOC(=O)C1=C(C)N=C2SCCCN2C1c1ccc(NC(=O)Nc2ccccc2OCC)cc1. The number of nitrogens with zero attached hydrogens (tertiary/aromatic N) is 2. The number of nitrogens with one attached hydrogen (secondary N) is 2. The molecule has 2 aliphatic heterocycles. The lowest BCUT2D eigenvalue weighted by atomic mass is 9.94. The molecule has 0 saturated carbocycles. The van der Waals surface area contributed by atoms with Crippen LogP contribution in [-0.4, -0.2) is 47.6 Å². The fourth-order valence-corrected chi connectivity index (χ4v) is 5.19. The zero-order chi connectivity index (χ0) is 24.8. The van der Waals surface area contributed by atoms with Crippen LogP contribution < -0.4 is 15.4 Å². The van der Waals surface area contributed by atoms with Gasteiger partial charge in [0.2, 0.25) is 0 Å². The van der Waals surface area contributed by atoms with Crippen molar-refractivity contribution in [3.05, 3.63) is 65.4 Å². The van der Waals surface area contributed by atoms with Gasteiger partial charge in [0.1, 0.15) is 5.75 Å². The number of hydrogen-bond acceptors (Lipinski definition) is 7. The van der Waals surface area contributed by atoms with Gasteiger partial charge in [0.15, 0.2) is 5.17 Å². The molecule has 184 valence electrons. The number of hydrogen-bond donors (Lipinski definition) is 2. The van der Waals surface area contributed by atoms with Gasteiger partial charge < -0.3 is 25.0 Å². The Labute approximate surface area is 209 Å². The molecular weight excluding hydrogens is 464 g/mol. The number of fused-ring (bicyclic) bond motifs is 1. The van der Waals surface area contributed by atoms with Gasteiger partial charge in [-0.25, -0.2) is 14.6 Å². The summed E-state index contributed by atoms with van der Waals surface area (Å²) in [7, 11) is 0. The molecule has 0 spiro atoms. The molecule has 1 saturated heterocycles. The van der Waals surface area contributed by atoms with Crippen LogP contribution >= 0.6 is 11.8 Å². The van der Waals surface area contributed by atoms with E-state index in [9.17, 15) is 9.59 Å². The number of amides is 2. The molecule has 2 N–H and O–H groups in total. The summed E-state index contributed by atoms with van der Waals surface area (Å²) in [4.78, 5) is 32.3. The molecule has 2 amide bonds. The number of urea groups is 1. The van der Waals surface area contributed by atoms with Crippen molar-refractivity contribution < 1.29 is 19.1 Å². The normalized spacial score (nSPS) is 17.3. The largest absolute Gasteiger partial charge is 0.492 e. The van der Waals surface area contributed by atoms with Crippen LogP contribution in [0.5, 0.6) is 5.75 Å². The van der Waals surface area contributed by atoms with Gasteiger partial charge in [-0.15, -0.1) is 0 Å². The first-order valence-corrected chi connectivity index (χ1v) is 12.8. The highest BCUT2D eigenvalue weighted by molar-refractivity contribution is 8.13. The number of ether oxygens (including phenoxy) is 2. The second-order valence-corrected chi connectivity index (χ2v) is 9.10. The Hall–Kier alpha value is -3.46. The number of esters is 1. The smallest absolute Gasteiger partial charge is 0.338 e. The van der Waals surface area contributed by atoms with E-state index in [1.807, 2.05) is 56.3 Å². The van der Waals surface area contributed by atoms with Crippen LogP contribution in [0.2, 0.25) is 0 Å². The van der Waals surface area contributed by atoms with Crippen molar-refractivity contribution in [3.63, 3.8) is 0 Å². The number of rotatable bonds is 7. The van der Waals surface area contributed by atoms with Gasteiger partial charge >= 0.3 is 12.0 Å². The van der Waals surface area contributed by atoms with E-state index in [2.05, 4.69) is 15.5 Å². The average molecular weight is 495 g/mol. The van der Waals surface area contributed by atoms with E-state index >= 15 is 0 Å². The maximum atomic E-state index is 12.9. The maximum absolute atomic E-state index is 12.9. The maximum Gasteiger partial charge on any atom is 0.338 e. The van der Waals surface area contributed by atoms with Crippen LogP contribution in [0.3, 0.4) is 0 Å². The Morgan fingerprint density at radius 1 is 1.09 bits per heavy atom. The monoisotopic (exact) mass is 494 g/mol. The fraction of sp³-hybridized carbons (Fsp3) is 0.346. The van der Waals surface area contributed by atoms with E-state index in [0.29, 0.717) is 41.6 Å². The van der Waals surface area contributed by atoms with Crippen molar-refractivity contribution in [1.29, 1.82) is 0 Å². The van der Waals surface area contributed by atoms with Crippen LogP contribution in [0.15, 0.2) is 64.8 Å². The average Bonchev–Trinajstić information content (AvgIpc) is 2.85. The molecule has 1 unspecified atom stereocenters. The lowest BCUT2D eigenvalue weighted by Crippen LogP contribution is -2.42. The number of anilines is 2. The molecule has 9 heteroatoms. The highest BCUT2D eigenvalue weighted by atomic mass is 32.2. The summed E-state index contributed by atoms with van der Waals surface area (Å²) in [6.45, 7) is 7.18. The van der Waals surface area contributed by atoms with Crippen molar-refractivity contribution in [3.8, 4) is 5.75 Å². The van der Waals surface area contributed by atoms with Gasteiger partial charge in [-0.2, -0.15) is 0 Å². The molecule has 2 aromatic carbocycles. The second-order valence-electron chi connectivity index (χ2n) is 8.04. The molecule has 0 bridgehead atoms. The van der Waals surface area contributed by atoms with Crippen LogP contribution in [0.25, 0.3) is 0 Å². The van der Waals surface area contributed by atoms with E-state index < -0.39 is 0 Å². The van der Waals surface area contributed by atoms with Gasteiger partial charge in [0, 0.05) is 18.0 Å². The Morgan fingerprint density at radius 2 is 1.86 bits per heavy atom. The summed E-state index contributed by atoms with van der Waals surface area (Å²) in [5.74, 6) is 1.28. The number of benzene rings is 2. The minimum atomic E-state index is -0.368. The number of amidine groups is 1. The minimum Gasteiger partial charge on any atom is -0.492 e. The van der Waals surface area contributed by atoms with Crippen molar-refractivity contribution in [2.24, 2.45) is 4.99 Å². The third-order valence-corrected chi connectivity index (χ3v) is 6.75. The number of carbonyl (C=O) groups is 2. The van der Waals surface area contributed by atoms with Crippen molar-refractivity contribution in [1.82, 2.24) is 4.90 Å². The zero-order valence-electron chi connectivity index (χ0n) is 20.2. The summed E-state index contributed by atoms with van der Waals surface area (Å²) >= 11 is 1.71. The third-order valence-electron chi connectivity index (χ3n) is 5.67. The van der Waals surface area contributed by atoms with E-state index in [0.717, 1.165) is 29.4 Å². The number of aliphatic imine (C=N–C) groups is 1. The number of allylic oxidation sites excluding steroid dienone is 1. The van der Waals surface area contributed by atoms with Crippen LogP contribution in [0.1, 0.15) is 38.8 Å². The summed E-state index contributed by atoms with van der Waals surface area (Å²) in [5.41, 5.74) is 3.42. The standard InChI is InChI=1S/C26H30N4O4S/c1-4-33-21-10-7-6-9-20(21)29-25(32)28-19-13-11-18(12-14-19)23-22(24(31)34-5-2)17(3)27-26-30(23)15-8-16-35-26/h6-7,9-14,23H,4-5,8,15-16H2,1-3H3,(H2,28,29,32). The van der Waals surface area contributed by atoms with E-state index in [1.165, 1.54) is 0 Å². The fourth-order valence-electron chi connectivity index (χ4n) is 4.17. The Kier molecular flexibility index (Phi) is 7.97. The molecule has 0 radical (unpaired) electrons. The summed E-state index contributed by atoms with van der Waals surface area (Å²) in [6, 6.07) is 14.2. The third kappa shape index (κ3) is 5.62. The first-order chi connectivity index (χ1) is 17.0. The molecule has 2 aromatic rings. The van der Waals surface area contributed by atoms with Crippen LogP contribution in [-0.2, 0) is 9.53 Å². The Balaban J connectivity index is 1.53. The minimum absolute atomic E-state index is 0.282. The van der Waals surface area contributed by atoms with E-state index in [1.54, 1.807) is 24.8 Å². The number of carbonyl (C=O) groups excluding carboxylic acids is 2. The number of thioether (sulfide) groups is 1. The predicted octanol–water partition coefficient (Wildman–Crippen LogP) is 5.42. The summed E-state index contributed by atoms with van der Waals surface area (Å²) in [6.07, 6.45) is 1.01. The molecule has 2 aliphatic rings. The van der Waals surface area contributed by atoms with Gasteiger partial charge in [0.25, 0.3) is 0 Å². The summed E-state index contributed by atoms with van der Waals surface area (Å²) < 4.78 is 10.9. The van der Waals surface area contributed by atoms with Crippen molar-refractivity contribution in [2.45, 2.75) is 33.2 Å². The second kappa shape index (κ2) is 11.3. The lowest BCUT2D eigenvalue weighted by Gasteiger charge is -2.40. The number of para-hydroxylation sites is 2. The summed E-state index contributed by atoms with van der Waals surface area (Å²) in [5, 5.41) is 6.62. The van der Waals surface area contributed by atoms with Gasteiger partial charge in [-0.05, 0) is 57.0 Å². The Morgan fingerprint density at radius 3 is 2.60 bits per heavy atom. The highest BCUT2D eigenvalue weighted by Crippen LogP contribution is 2.40. The topological polar surface area (TPSA) is 92.3 Å². The van der Waals surface area contributed by atoms with E-state index in [4.69, 9.17) is 14.5 Å². The molecule has 35 heavy (non-hydrogen) atoms. The van der Waals surface area contributed by atoms with Crippen molar-refractivity contribution >= 4 is 40.3 Å². The lowest BCUT2D eigenvalue weighted by molar-refractivity contribution is -0.139. The van der Waals surface area contributed by atoms with Crippen LogP contribution in [0.4, 0.5) is 16.2 Å².